The van der Waals surface area contributed by atoms with Gasteiger partial charge in [0.2, 0.25) is 0 Å². The summed E-state index contributed by atoms with van der Waals surface area (Å²) in [7, 11) is 0. The zero-order chi connectivity index (χ0) is 13.7. The van der Waals surface area contributed by atoms with Crippen molar-refractivity contribution in [1.29, 1.82) is 0 Å². The van der Waals surface area contributed by atoms with Gasteiger partial charge in [-0.25, -0.2) is 4.39 Å². The Kier molecular flexibility index (Phi) is 4.46. The Labute approximate surface area is 110 Å². The molecular weight excluding hydrogens is 249 g/mol. The van der Waals surface area contributed by atoms with Crippen molar-refractivity contribution in [3.05, 3.63) is 41.3 Å². The number of hydrogen-bond acceptors (Lipinski definition) is 5. The summed E-state index contributed by atoms with van der Waals surface area (Å²) in [5.74, 6) is 1.05. The molecule has 19 heavy (non-hydrogen) atoms. The summed E-state index contributed by atoms with van der Waals surface area (Å²) in [5.41, 5.74) is 6.14. The first kappa shape index (κ1) is 13.5. The maximum Gasteiger partial charge on any atom is 0.264 e. The summed E-state index contributed by atoms with van der Waals surface area (Å²) >= 11 is 0. The fraction of sp³-hybridized carbons (Fsp3) is 0.385. The minimum absolute atomic E-state index is 0.115. The summed E-state index contributed by atoms with van der Waals surface area (Å²) in [5, 5.41) is 3.81. The normalized spacial score (nSPS) is 10.7. The van der Waals surface area contributed by atoms with E-state index in [1.165, 1.54) is 12.1 Å². The average Bonchev–Trinajstić information content (AvgIpc) is 2.84. The lowest BCUT2D eigenvalue weighted by atomic mass is 10.2. The van der Waals surface area contributed by atoms with E-state index in [0.29, 0.717) is 23.0 Å². The lowest BCUT2D eigenvalue weighted by Crippen LogP contribution is -2.00. The molecule has 0 amide bonds. The van der Waals surface area contributed by atoms with Gasteiger partial charge in [0.05, 0.1) is 0 Å². The quantitative estimate of drug-likeness (QED) is 0.866. The maximum absolute atomic E-state index is 13.3. The predicted molar refractivity (Wildman–Crippen MR) is 66.9 cm³/mol. The predicted octanol–water partition coefficient (Wildman–Crippen LogP) is 2.20. The third-order valence-corrected chi connectivity index (χ3v) is 2.51. The monoisotopic (exact) mass is 265 g/mol. The Morgan fingerprint density at radius 1 is 1.37 bits per heavy atom. The molecule has 1 aromatic heterocycles. The molecule has 0 aliphatic rings. The summed E-state index contributed by atoms with van der Waals surface area (Å²) in [6.45, 7) is 2.41. The molecule has 0 fully saturated rings. The number of halogens is 1. The fourth-order valence-electron chi connectivity index (χ4n) is 1.64. The molecule has 0 saturated heterocycles. The SMILES string of the molecule is CCCc1noc(COc2cc(F)cc(CN)c2)n1. The van der Waals surface area contributed by atoms with Crippen LogP contribution in [0.4, 0.5) is 4.39 Å². The van der Waals surface area contributed by atoms with E-state index in [1.54, 1.807) is 6.07 Å². The van der Waals surface area contributed by atoms with Crippen LogP contribution in [0.25, 0.3) is 0 Å². The van der Waals surface area contributed by atoms with Crippen molar-refractivity contribution in [3.8, 4) is 5.75 Å². The van der Waals surface area contributed by atoms with Crippen LogP contribution in [0.3, 0.4) is 0 Å². The molecule has 1 aromatic carbocycles. The van der Waals surface area contributed by atoms with Crippen LogP contribution in [-0.2, 0) is 19.6 Å². The van der Waals surface area contributed by atoms with E-state index < -0.39 is 0 Å². The maximum atomic E-state index is 13.3. The molecule has 2 rings (SSSR count). The van der Waals surface area contributed by atoms with E-state index in [4.69, 9.17) is 15.0 Å². The van der Waals surface area contributed by atoms with Crippen LogP contribution in [0.15, 0.2) is 22.7 Å². The lowest BCUT2D eigenvalue weighted by Gasteiger charge is -2.05. The number of rotatable bonds is 6. The molecule has 0 spiro atoms. The summed E-state index contributed by atoms with van der Waals surface area (Å²) in [6.07, 6.45) is 1.71. The van der Waals surface area contributed by atoms with Gasteiger partial charge in [-0.3, -0.25) is 0 Å². The molecule has 0 aliphatic heterocycles. The molecule has 5 nitrogen and oxygen atoms in total. The Hall–Kier alpha value is -1.95. The van der Waals surface area contributed by atoms with Gasteiger partial charge in [-0.05, 0) is 24.1 Å². The molecule has 102 valence electrons. The number of nitrogens with two attached hydrogens (primary N) is 1. The van der Waals surface area contributed by atoms with Crippen LogP contribution in [0.1, 0.15) is 30.6 Å². The van der Waals surface area contributed by atoms with Gasteiger partial charge in [0.1, 0.15) is 11.6 Å². The van der Waals surface area contributed by atoms with Crippen LogP contribution in [0.2, 0.25) is 0 Å². The van der Waals surface area contributed by atoms with E-state index in [-0.39, 0.29) is 19.0 Å². The number of benzene rings is 1. The van der Waals surface area contributed by atoms with E-state index in [9.17, 15) is 4.39 Å². The number of hydrogen-bond donors (Lipinski definition) is 1. The number of aryl methyl sites for hydroxylation is 1. The summed E-state index contributed by atoms with van der Waals surface area (Å²) in [6, 6.07) is 4.35. The smallest absolute Gasteiger partial charge is 0.264 e. The second-order valence-corrected chi connectivity index (χ2v) is 4.14. The van der Waals surface area contributed by atoms with Crippen molar-refractivity contribution in [2.45, 2.75) is 32.9 Å². The molecule has 6 heteroatoms. The van der Waals surface area contributed by atoms with Crippen molar-refractivity contribution < 1.29 is 13.7 Å². The van der Waals surface area contributed by atoms with Crippen LogP contribution in [0.5, 0.6) is 5.75 Å². The molecule has 0 bridgehead atoms. The van der Waals surface area contributed by atoms with Gasteiger partial charge in [-0.15, -0.1) is 0 Å². The van der Waals surface area contributed by atoms with Crippen molar-refractivity contribution in [3.63, 3.8) is 0 Å². The summed E-state index contributed by atoms with van der Waals surface area (Å²) in [4.78, 5) is 4.16. The van der Waals surface area contributed by atoms with Crippen LogP contribution < -0.4 is 10.5 Å². The van der Waals surface area contributed by atoms with Gasteiger partial charge >= 0.3 is 0 Å². The molecule has 1 heterocycles. The topological polar surface area (TPSA) is 74.2 Å². The van der Waals surface area contributed by atoms with Gasteiger partial charge in [-0.2, -0.15) is 4.98 Å². The highest BCUT2D eigenvalue weighted by molar-refractivity contribution is 5.29. The first-order valence-electron chi connectivity index (χ1n) is 6.15. The lowest BCUT2D eigenvalue weighted by molar-refractivity contribution is 0.241. The van der Waals surface area contributed by atoms with Crippen molar-refractivity contribution >= 4 is 0 Å². The number of nitrogens with zero attached hydrogens (tertiary/aromatic N) is 2. The van der Waals surface area contributed by atoms with Crippen LogP contribution in [0, 0.1) is 5.82 Å². The highest BCUT2D eigenvalue weighted by Gasteiger charge is 2.07. The minimum atomic E-state index is -0.379. The van der Waals surface area contributed by atoms with Gasteiger partial charge in [0.25, 0.3) is 5.89 Å². The number of ether oxygens (including phenoxy) is 1. The number of aromatic nitrogens is 2. The third kappa shape index (κ3) is 3.75. The molecule has 0 aliphatic carbocycles. The van der Waals surface area contributed by atoms with Gasteiger partial charge in [0.15, 0.2) is 12.4 Å². The largest absolute Gasteiger partial charge is 0.484 e. The Morgan fingerprint density at radius 2 is 2.21 bits per heavy atom. The minimum Gasteiger partial charge on any atom is -0.484 e. The molecule has 0 atom stereocenters. The average molecular weight is 265 g/mol. The van der Waals surface area contributed by atoms with Crippen molar-refractivity contribution in [1.82, 2.24) is 10.1 Å². The third-order valence-electron chi connectivity index (χ3n) is 2.51. The van der Waals surface area contributed by atoms with E-state index in [0.717, 1.165) is 12.8 Å². The van der Waals surface area contributed by atoms with Crippen molar-refractivity contribution in [2.24, 2.45) is 5.73 Å². The fourth-order valence-corrected chi connectivity index (χ4v) is 1.64. The highest BCUT2D eigenvalue weighted by Crippen LogP contribution is 2.17. The Bertz CT molecular complexity index is 542. The summed E-state index contributed by atoms with van der Waals surface area (Å²) < 4.78 is 23.7. The zero-order valence-corrected chi connectivity index (χ0v) is 10.7. The Morgan fingerprint density at radius 3 is 2.95 bits per heavy atom. The molecule has 0 unspecified atom stereocenters. The van der Waals surface area contributed by atoms with Gasteiger partial charge < -0.3 is 15.0 Å². The molecular formula is C13H16FN3O2. The van der Waals surface area contributed by atoms with Gasteiger partial charge in [-0.1, -0.05) is 12.1 Å². The zero-order valence-electron chi connectivity index (χ0n) is 10.7. The van der Waals surface area contributed by atoms with Crippen LogP contribution in [-0.4, -0.2) is 10.1 Å². The van der Waals surface area contributed by atoms with Gasteiger partial charge in [0, 0.05) is 19.0 Å². The second-order valence-electron chi connectivity index (χ2n) is 4.14. The van der Waals surface area contributed by atoms with E-state index in [1.807, 2.05) is 6.92 Å². The molecule has 0 radical (unpaired) electrons. The van der Waals surface area contributed by atoms with Crippen LogP contribution >= 0.6 is 0 Å². The van der Waals surface area contributed by atoms with E-state index in [2.05, 4.69) is 10.1 Å². The Balaban J connectivity index is 1.99. The second kappa shape index (κ2) is 6.29. The first-order valence-corrected chi connectivity index (χ1v) is 6.15. The van der Waals surface area contributed by atoms with E-state index >= 15 is 0 Å². The molecule has 2 N–H and O–H groups in total. The standard InChI is InChI=1S/C13H16FN3O2/c1-2-3-12-16-13(19-17-12)8-18-11-5-9(7-15)4-10(14)6-11/h4-6H,2-3,7-8,15H2,1H3. The molecule has 0 saturated carbocycles. The molecule has 2 aromatic rings. The first-order chi connectivity index (χ1) is 9.21. The van der Waals surface area contributed by atoms with Crippen molar-refractivity contribution in [2.75, 3.05) is 0 Å². The highest BCUT2D eigenvalue weighted by atomic mass is 19.1.